The Labute approximate surface area is 107 Å². The molecule has 0 aliphatic rings. The van der Waals surface area contributed by atoms with Gasteiger partial charge in [0.1, 0.15) is 0 Å². The zero-order chi connectivity index (χ0) is 12.8. The molecule has 0 radical (unpaired) electrons. The van der Waals surface area contributed by atoms with Crippen LogP contribution in [-0.4, -0.2) is 21.7 Å². The van der Waals surface area contributed by atoms with E-state index in [0.29, 0.717) is 0 Å². The number of nitrogens with zero attached hydrogens (tertiary/aromatic N) is 2. The van der Waals surface area contributed by atoms with E-state index in [2.05, 4.69) is 15.3 Å². The van der Waals surface area contributed by atoms with Crippen LogP contribution >= 0.6 is 0 Å². The number of aromatic nitrogens is 2. The van der Waals surface area contributed by atoms with E-state index in [1.807, 2.05) is 37.3 Å². The topological polar surface area (TPSA) is 58.0 Å². The van der Waals surface area contributed by atoms with E-state index in [0.717, 1.165) is 11.3 Å². The summed E-state index contributed by atoms with van der Waals surface area (Å²) in [5.74, 6) is 0. The number of hydrogen-bond donors (Lipinski definition) is 2. The summed E-state index contributed by atoms with van der Waals surface area (Å²) < 4.78 is 0. The highest BCUT2D eigenvalue weighted by Crippen LogP contribution is 2.17. The minimum Gasteiger partial charge on any atom is -0.394 e. The third kappa shape index (κ3) is 3.12. The van der Waals surface area contributed by atoms with Crippen molar-refractivity contribution in [3.8, 4) is 0 Å². The van der Waals surface area contributed by atoms with Crippen LogP contribution in [0.25, 0.3) is 0 Å². The zero-order valence-corrected chi connectivity index (χ0v) is 10.3. The van der Waals surface area contributed by atoms with Crippen LogP contribution in [0.15, 0.2) is 48.9 Å². The van der Waals surface area contributed by atoms with E-state index < -0.39 is 0 Å². The van der Waals surface area contributed by atoms with Crippen molar-refractivity contribution < 1.29 is 5.11 Å². The van der Waals surface area contributed by atoms with Gasteiger partial charge in [0.25, 0.3) is 0 Å². The third-order valence-electron chi connectivity index (χ3n) is 2.86. The van der Waals surface area contributed by atoms with Gasteiger partial charge in [0.2, 0.25) is 0 Å². The van der Waals surface area contributed by atoms with E-state index >= 15 is 0 Å². The number of aliphatic hydroxyl groups excluding tert-OH is 1. The summed E-state index contributed by atoms with van der Waals surface area (Å²) in [6.45, 7) is 2.06. The number of nitrogens with one attached hydrogen (secondary N) is 1. The smallest absolute Gasteiger partial charge is 0.0753 e. The highest BCUT2D eigenvalue weighted by Gasteiger charge is 2.14. The molecular formula is C14H17N3O. The molecule has 0 saturated carbocycles. The van der Waals surface area contributed by atoms with E-state index in [-0.39, 0.29) is 18.7 Å². The van der Waals surface area contributed by atoms with Crippen molar-refractivity contribution in [3.63, 3.8) is 0 Å². The van der Waals surface area contributed by atoms with Crippen LogP contribution in [0, 0.1) is 0 Å². The molecule has 0 aliphatic carbocycles. The lowest BCUT2D eigenvalue weighted by atomic mass is 10.1. The Morgan fingerprint density at radius 1 is 1.22 bits per heavy atom. The lowest BCUT2D eigenvalue weighted by molar-refractivity contribution is 0.234. The van der Waals surface area contributed by atoms with Crippen LogP contribution in [-0.2, 0) is 0 Å². The number of hydrogen-bond acceptors (Lipinski definition) is 4. The van der Waals surface area contributed by atoms with Gasteiger partial charge in [-0.1, -0.05) is 30.3 Å². The highest BCUT2D eigenvalue weighted by molar-refractivity contribution is 5.19. The molecule has 2 N–H and O–H groups in total. The lowest BCUT2D eigenvalue weighted by Gasteiger charge is -2.21. The number of rotatable bonds is 5. The molecule has 4 nitrogen and oxygen atoms in total. The van der Waals surface area contributed by atoms with E-state index in [1.54, 1.807) is 18.6 Å². The molecule has 2 atom stereocenters. The summed E-state index contributed by atoms with van der Waals surface area (Å²) in [7, 11) is 0. The van der Waals surface area contributed by atoms with Crippen molar-refractivity contribution in [2.24, 2.45) is 0 Å². The first-order valence-corrected chi connectivity index (χ1v) is 5.99. The second kappa shape index (κ2) is 6.23. The molecule has 1 heterocycles. The molecule has 2 aromatic rings. The highest BCUT2D eigenvalue weighted by atomic mass is 16.3. The van der Waals surface area contributed by atoms with E-state index in [4.69, 9.17) is 0 Å². The largest absolute Gasteiger partial charge is 0.394 e. The first-order chi connectivity index (χ1) is 8.81. The average molecular weight is 243 g/mol. The van der Waals surface area contributed by atoms with Crippen LogP contribution in [0.2, 0.25) is 0 Å². The van der Waals surface area contributed by atoms with Crippen LogP contribution in [0.5, 0.6) is 0 Å². The van der Waals surface area contributed by atoms with Gasteiger partial charge in [-0.2, -0.15) is 0 Å². The molecule has 0 spiro atoms. The average Bonchev–Trinajstić information content (AvgIpc) is 2.46. The summed E-state index contributed by atoms with van der Waals surface area (Å²) in [5.41, 5.74) is 1.93. The Morgan fingerprint density at radius 3 is 2.61 bits per heavy atom. The van der Waals surface area contributed by atoms with Crippen LogP contribution < -0.4 is 5.32 Å². The summed E-state index contributed by atoms with van der Waals surface area (Å²) >= 11 is 0. The fourth-order valence-electron chi connectivity index (χ4n) is 1.86. The van der Waals surface area contributed by atoms with Gasteiger partial charge in [-0.25, -0.2) is 0 Å². The van der Waals surface area contributed by atoms with E-state index in [1.165, 1.54) is 0 Å². The van der Waals surface area contributed by atoms with Crippen molar-refractivity contribution in [1.82, 2.24) is 15.3 Å². The van der Waals surface area contributed by atoms with Crippen molar-refractivity contribution in [2.75, 3.05) is 6.61 Å². The van der Waals surface area contributed by atoms with Gasteiger partial charge in [-0.3, -0.25) is 15.3 Å². The molecule has 1 aromatic heterocycles. The Hall–Kier alpha value is -1.78. The predicted molar refractivity (Wildman–Crippen MR) is 69.9 cm³/mol. The summed E-state index contributed by atoms with van der Waals surface area (Å²) in [6, 6.07) is 9.83. The van der Waals surface area contributed by atoms with Crippen molar-refractivity contribution in [3.05, 3.63) is 60.2 Å². The fourth-order valence-corrected chi connectivity index (χ4v) is 1.86. The predicted octanol–water partition coefficient (Wildman–Crippen LogP) is 1.86. The normalized spacial score (nSPS) is 14.1. The van der Waals surface area contributed by atoms with Crippen molar-refractivity contribution in [1.29, 1.82) is 0 Å². The Morgan fingerprint density at radius 2 is 2.00 bits per heavy atom. The molecule has 4 heteroatoms. The third-order valence-corrected chi connectivity index (χ3v) is 2.86. The minimum absolute atomic E-state index is 0.0380. The van der Waals surface area contributed by atoms with Gasteiger partial charge in [0.05, 0.1) is 18.3 Å². The van der Waals surface area contributed by atoms with Gasteiger partial charge < -0.3 is 5.11 Å². The Bertz CT molecular complexity index is 461. The Kier molecular flexibility index (Phi) is 4.39. The zero-order valence-electron chi connectivity index (χ0n) is 10.3. The van der Waals surface area contributed by atoms with E-state index in [9.17, 15) is 5.11 Å². The molecular weight excluding hydrogens is 226 g/mol. The lowest BCUT2D eigenvalue weighted by Crippen LogP contribution is -2.27. The van der Waals surface area contributed by atoms with Gasteiger partial charge in [0, 0.05) is 24.6 Å². The summed E-state index contributed by atoms with van der Waals surface area (Å²) in [5, 5.41) is 12.8. The van der Waals surface area contributed by atoms with Gasteiger partial charge >= 0.3 is 0 Å². The monoisotopic (exact) mass is 243 g/mol. The molecule has 2 rings (SSSR count). The fraction of sp³-hybridized carbons (Fsp3) is 0.286. The summed E-state index contributed by atoms with van der Waals surface area (Å²) in [4.78, 5) is 8.30. The molecule has 0 aliphatic heterocycles. The minimum atomic E-state index is -0.0943. The number of aliphatic hydroxyl groups is 1. The van der Waals surface area contributed by atoms with Crippen LogP contribution in [0.4, 0.5) is 0 Å². The van der Waals surface area contributed by atoms with Gasteiger partial charge in [0.15, 0.2) is 0 Å². The van der Waals surface area contributed by atoms with Crippen LogP contribution in [0.1, 0.15) is 30.3 Å². The molecule has 94 valence electrons. The first kappa shape index (κ1) is 12.7. The summed E-state index contributed by atoms with van der Waals surface area (Å²) in [6.07, 6.45) is 5.05. The molecule has 0 saturated heterocycles. The van der Waals surface area contributed by atoms with Crippen molar-refractivity contribution in [2.45, 2.75) is 19.0 Å². The second-order valence-electron chi connectivity index (χ2n) is 4.16. The van der Waals surface area contributed by atoms with Gasteiger partial charge in [-0.05, 0) is 12.5 Å². The van der Waals surface area contributed by atoms with Crippen molar-refractivity contribution >= 4 is 0 Å². The SMILES string of the molecule is CC(N[C@H](CO)c1ccccc1)c1cnccn1. The quantitative estimate of drug-likeness (QED) is 0.841. The maximum Gasteiger partial charge on any atom is 0.0753 e. The molecule has 0 fully saturated rings. The second-order valence-corrected chi connectivity index (χ2v) is 4.16. The van der Waals surface area contributed by atoms with Gasteiger partial charge in [-0.15, -0.1) is 0 Å². The molecule has 1 unspecified atom stereocenters. The maximum absolute atomic E-state index is 9.48. The maximum atomic E-state index is 9.48. The van der Waals surface area contributed by atoms with Crippen LogP contribution in [0.3, 0.4) is 0 Å². The number of benzene rings is 1. The standard InChI is InChI=1S/C14H17N3O/c1-11(13-9-15-7-8-16-13)17-14(10-18)12-5-3-2-4-6-12/h2-9,11,14,17-18H,10H2,1H3/t11?,14-/m1/s1. The molecule has 0 amide bonds. The molecule has 18 heavy (non-hydrogen) atoms. The Balaban J connectivity index is 2.07. The first-order valence-electron chi connectivity index (χ1n) is 5.99. The molecule has 0 bridgehead atoms. The molecule has 1 aromatic carbocycles.